The van der Waals surface area contributed by atoms with E-state index in [1.807, 2.05) is 11.7 Å². The molecule has 4 heteroatoms. The van der Waals surface area contributed by atoms with E-state index in [0.29, 0.717) is 12.0 Å². The van der Waals surface area contributed by atoms with Gasteiger partial charge in [0.05, 0.1) is 12.3 Å². The van der Waals surface area contributed by atoms with Crippen LogP contribution in [0.1, 0.15) is 36.7 Å². The molecule has 0 amide bonds. The standard InChI is InChI=1S/C15H27N3O/c1-5-7-16-15(13-6-8-19-10-13)9-14-11(2)17-18(4)12(14)3/h13,15-16H,5-10H2,1-4H3. The van der Waals surface area contributed by atoms with Crippen molar-refractivity contribution in [3.8, 4) is 0 Å². The third-order valence-electron chi connectivity index (χ3n) is 4.27. The molecule has 108 valence electrons. The highest BCUT2D eigenvalue weighted by molar-refractivity contribution is 5.25. The molecule has 1 aliphatic heterocycles. The lowest BCUT2D eigenvalue weighted by Crippen LogP contribution is -2.39. The fourth-order valence-corrected chi connectivity index (χ4v) is 2.94. The molecule has 1 fully saturated rings. The molecular formula is C15H27N3O. The van der Waals surface area contributed by atoms with Gasteiger partial charge in [-0.15, -0.1) is 0 Å². The molecule has 0 saturated carbocycles. The quantitative estimate of drug-likeness (QED) is 0.855. The maximum Gasteiger partial charge on any atom is 0.0628 e. The molecule has 1 aromatic rings. The van der Waals surface area contributed by atoms with E-state index in [9.17, 15) is 0 Å². The second-order valence-electron chi connectivity index (χ2n) is 5.66. The maximum absolute atomic E-state index is 5.56. The highest BCUT2D eigenvalue weighted by Gasteiger charge is 2.27. The summed E-state index contributed by atoms with van der Waals surface area (Å²) in [6, 6.07) is 0.518. The first-order chi connectivity index (χ1) is 9.13. The number of nitrogens with one attached hydrogen (secondary N) is 1. The summed E-state index contributed by atoms with van der Waals surface area (Å²) in [4.78, 5) is 0. The topological polar surface area (TPSA) is 39.1 Å². The predicted octanol–water partition coefficient (Wildman–Crippen LogP) is 1.98. The lowest BCUT2D eigenvalue weighted by Gasteiger charge is -2.24. The van der Waals surface area contributed by atoms with Crippen LogP contribution < -0.4 is 5.32 Å². The number of ether oxygens (including phenoxy) is 1. The Kier molecular flexibility index (Phi) is 4.99. The molecule has 0 radical (unpaired) electrons. The van der Waals surface area contributed by atoms with Crippen molar-refractivity contribution in [1.29, 1.82) is 0 Å². The second kappa shape index (κ2) is 6.53. The molecule has 0 bridgehead atoms. The van der Waals surface area contributed by atoms with Gasteiger partial charge in [-0.3, -0.25) is 4.68 Å². The van der Waals surface area contributed by atoms with Crippen LogP contribution >= 0.6 is 0 Å². The number of aromatic nitrogens is 2. The zero-order valence-corrected chi connectivity index (χ0v) is 12.7. The van der Waals surface area contributed by atoms with Gasteiger partial charge >= 0.3 is 0 Å². The Labute approximate surface area is 116 Å². The van der Waals surface area contributed by atoms with Gasteiger partial charge in [0, 0.05) is 31.3 Å². The van der Waals surface area contributed by atoms with E-state index in [0.717, 1.165) is 26.2 Å². The normalized spacial score (nSPS) is 20.9. The minimum absolute atomic E-state index is 0.518. The van der Waals surface area contributed by atoms with Crippen LogP contribution in [0.3, 0.4) is 0 Å². The fourth-order valence-electron chi connectivity index (χ4n) is 2.94. The molecule has 1 saturated heterocycles. The van der Waals surface area contributed by atoms with Crippen LogP contribution in [0.25, 0.3) is 0 Å². The van der Waals surface area contributed by atoms with E-state index in [1.165, 1.54) is 29.8 Å². The van der Waals surface area contributed by atoms with Gasteiger partial charge in [0.15, 0.2) is 0 Å². The Balaban J connectivity index is 2.09. The number of hydrogen-bond acceptors (Lipinski definition) is 3. The minimum atomic E-state index is 0.518. The van der Waals surface area contributed by atoms with Crippen LogP contribution in [-0.2, 0) is 18.2 Å². The molecule has 1 aliphatic rings. The van der Waals surface area contributed by atoms with Crippen LogP contribution in [-0.4, -0.2) is 35.6 Å². The molecule has 1 N–H and O–H groups in total. The molecule has 2 heterocycles. The van der Waals surface area contributed by atoms with Crippen molar-refractivity contribution in [3.05, 3.63) is 17.0 Å². The summed E-state index contributed by atoms with van der Waals surface area (Å²) < 4.78 is 7.55. The van der Waals surface area contributed by atoms with E-state index in [1.54, 1.807) is 0 Å². The summed E-state index contributed by atoms with van der Waals surface area (Å²) in [5.41, 5.74) is 3.87. The van der Waals surface area contributed by atoms with Crippen LogP contribution in [0, 0.1) is 19.8 Å². The number of hydrogen-bond donors (Lipinski definition) is 1. The lowest BCUT2D eigenvalue weighted by atomic mass is 9.92. The summed E-state index contributed by atoms with van der Waals surface area (Å²) in [6.07, 6.45) is 3.42. The monoisotopic (exact) mass is 265 g/mol. The number of nitrogens with zero attached hydrogens (tertiary/aromatic N) is 2. The molecule has 4 nitrogen and oxygen atoms in total. The predicted molar refractivity (Wildman–Crippen MR) is 77.4 cm³/mol. The van der Waals surface area contributed by atoms with Crippen molar-refractivity contribution >= 4 is 0 Å². The average Bonchev–Trinajstić information content (AvgIpc) is 2.98. The van der Waals surface area contributed by atoms with Crippen molar-refractivity contribution < 1.29 is 4.74 Å². The third kappa shape index (κ3) is 3.37. The largest absolute Gasteiger partial charge is 0.381 e. The van der Waals surface area contributed by atoms with Gasteiger partial charge in [0.25, 0.3) is 0 Å². The van der Waals surface area contributed by atoms with Gasteiger partial charge in [0.1, 0.15) is 0 Å². The van der Waals surface area contributed by atoms with Gasteiger partial charge in [-0.25, -0.2) is 0 Å². The first-order valence-corrected chi connectivity index (χ1v) is 7.43. The Bertz CT molecular complexity index is 408. The summed E-state index contributed by atoms with van der Waals surface area (Å²) >= 11 is 0. The molecule has 0 spiro atoms. The molecule has 1 aromatic heterocycles. The van der Waals surface area contributed by atoms with Crippen LogP contribution in [0.5, 0.6) is 0 Å². The SMILES string of the molecule is CCCNC(Cc1c(C)nn(C)c1C)C1CCOC1. The Morgan fingerprint density at radius 1 is 1.47 bits per heavy atom. The van der Waals surface area contributed by atoms with Gasteiger partial charge in [-0.2, -0.15) is 5.10 Å². The molecule has 0 aromatic carbocycles. The summed E-state index contributed by atoms with van der Waals surface area (Å²) in [7, 11) is 2.03. The average molecular weight is 265 g/mol. The van der Waals surface area contributed by atoms with E-state index >= 15 is 0 Å². The summed E-state index contributed by atoms with van der Waals surface area (Å²) in [6.45, 7) is 9.40. The maximum atomic E-state index is 5.56. The van der Waals surface area contributed by atoms with Crippen molar-refractivity contribution in [2.24, 2.45) is 13.0 Å². The van der Waals surface area contributed by atoms with Gasteiger partial charge in [-0.1, -0.05) is 6.92 Å². The Morgan fingerprint density at radius 3 is 2.79 bits per heavy atom. The van der Waals surface area contributed by atoms with E-state index in [-0.39, 0.29) is 0 Å². The Hall–Kier alpha value is -0.870. The first kappa shape index (κ1) is 14.5. The molecule has 0 aliphatic carbocycles. The molecular weight excluding hydrogens is 238 g/mol. The molecule has 19 heavy (non-hydrogen) atoms. The lowest BCUT2D eigenvalue weighted by molar-refractivity contribution is 0.176. The van der Waals surface area contributed by atoms with E-state index < -0.39 is 0 Å². The Morgan fingerprint density at radius 2 is 2.26 bits per heavy atom. The van der Waals surface area contributed by atoms with Crippen LogP contribution in [0.4, 0.5) is 0 Å². The van der Waals surface area contributed by atoms with Crippen molar-refractivity contribution in [2.75, 3.05) is 19.8 Å². The number of aryl methyl sites for hydroxylation is 2. The molecule has 2 unspecified atom stereocenters. The number of rotatable bonds is 6. The van der Waals surface area contributed by atoms with E-state index in [4.69, 9.17) is 4.74 Å². The molecule has 2 atom stereocenters. The smallest absolute Gasteiger partial charge is 0.0628 e. The first-order valence-electron chi connectivity index (χ1n) is 7.43. The van der Waals surface area contributed by atoms with Gasteiger partial charge < -0.3 is 10.1 Å². The van der Waals surface area contributed by atoms with Crippen LogP contribution in [0.15, 0.2) is 0 Å². The third-order valence-corrected chi connectivity index (χ3v) is 4.27. The minimum Gasteiger partial charge on any atom is -0.381 e. The van der Waals surface area contributed by atoms with Gasteiger partial charge in [-0.05, 0) is 45.2 Å². The van der Waals surface area contributed by atoms with Gasteiger partial charge in [0.2, 0.25) is 0 Å². The zero-order chi connectivity index (χ0) is 13.8. The van der Waals surface area contributed by atoms with Crippen LogP contribution in [0.2, 0.25) is 0 Å². The summed E-state index contributed by atoms with van der Waals surface area (Å²) in [5.74, 6) is 0.644. The fraction of sp³-hybridized carbons (Fsp3) is 0.800. The van der Waals surface area contributed by atoms with Crippen molar-refractivity contribution in [3.63, 3.8) is 0 Å². The zero-order valence-electron chi connectivity index (χ0n) is 12.7. The highest BCUT2D eigenvalue weighted by atomic mass is 16.5. The second-order valence-corrected chi connectivity index (χ2v) is 5.66. The summed E-state index contributed by atoms with van der Waals surface area (Å²) in [5, 5.41) is 8.23. The van der Waals surface area contributed by atoms with Crippen molar-refractivity contribution in [1.82, 2.24) is 15.1 Å². The molecule has 2 rings (SSSR count). The van der Waals surface area contributed by atoms with Crippen molar-refractivity contribution in [2.45, 2.75) is 46.1 Å². The highest BCUT2D eigenvalue weighted by Crippen LogP contribution is 2.22. The van der Waals surface area contributed by atoms with E-state index in [2.05, 4.69) is 31.2 Å².